The Hall–Kier alpha value is -1.10. The van der Waals surface area contributed by atoms with E-state index < -0.39 is 23.5 Å². The third-order valence-electron chi connectivity index (χ3n) is 3.66. The van der Waals surface area contributed by atoms with Crippen LogP contribution in [0.5, 0.6) is 0 Å². The highest BCUT2D eigenvalue weighted by molar-refractivity contribution is 5.95. The molecule has 1 saturated heterocycles. The third-order valence-corrected chi connectivity index (χ3v) is 3.66. The maximum atomic E-state index is 12.4. The first-order valence-electron chi connectivity index (χ1n) is 6.75. The van der Waals surface area contributed by atoms with Gasteiger partial charge in [-0.1, -0.05) is 41.5 Å². The van der Waals surface area contributed by atoms with Gasteiger partial charge in [-0.3, -0.25) is 4.79 Å². The first-order valence-corrected chi connectivity index (χ1v) is 6.75. The van der Waals surface area contributed by atoms with Gasteiger partial charge in [0.05, 0.1) is 18.1 Å². The van der Waals surface area contributed by atoms with Gasteiger partial charge in [0.25, 0.3) is 0 Å². The van der Waals surface area contributed by atoms with Crippen LogP contribution in [0.3, 0.4) is 0 Å². The van der Waals surface area contributed by atoms with E-state index in [1.807, 2.05) is 34.6 Å². The molecule has 5 heteroatoms. The van der Waals surface area contributed by atoms with Crippen molar-refractivity contribution in [3.63, 3.8) is 0 Å². The molecule has 1 N–H and O–H groups in total. The van der Waals surface area contributed by atoms with Crippen molar-refractivity contribution >= 4 is 12.0 Å². The number of rotatable bonds is 3. The molecule has 0 aromatic rings. The Bertz CT molecular complexity index is 359. The zero-order valence-electron chi connectivity index (χ0n) is 12.6. The zero-order valence-corrected chi connectivity index (χ0v) is 12.6. The Morgan fingerprint density at radius 3 is 2.32 bits per heavy atom. The standard InChI is InChI=1S/C14H25NO4/c1-8(2)10-7-19-13(18)15(10)12(17)9(3)11(16)14(4,5)6/h8-11,16H,7H2,1-6H3/t9-,10+,11-/m0/s1. The molecule has 110 valence electrons. The van der Waals surface area contributed by atoms with Crippen LogP contribution < -0.4 is 0 Å². The maximum absolute atomic E-state index is 12.4. The summed E-state index contributed by atoms with van der Waals surface area (Å²) in [5, 5.41) is 10.2. The molecule has 0 aromatic heterocycles. The average Bonchev–Trinajstić information content (AvgIpc) is 2.67. The second kappa shape index (κ2) is 5.49. The number of aliphatic hydroxyl groups is 1. The summed E-state index contributed by atoms with van der Waals surface area (Å²) in [6.07, 6.45) is -1.40. The second-order valence-corrected chi connectivity index (χ2v) is 6.70. The van der Waals surface area contributed by atoms with E-state index in [0.29, 0.717) is 0 Å². The number of aliphatic hydroxyl groups excluding tert-OH is 1. The predicted octanol–water partition coefficient (Wildman–Crippen LogP) is 2.03. The van der Waals surface area contributed by atoms with Gasteiger partial charge in [-0.2, -0.15) is 0 Å². The molecule has 5 nitrogen and oxygen atoms in total. The Morgan fingerprint density at radius 1 is 1.37 bits per heavy atom. The number of nitrogens with zero attached hydrogens (tertiary/aromatic N) is 1. The molecule has 19 heavy (non-hydrogen) atoms. The van der Waals surface area contributed by atoms with E-state index in [1.165, 1.54) is 4.90 Å². The summed E-state index contributed by atoms with van der Waals surface area (Å²) in [6.45, 7) is 11.4. The maximum Gasteiger partial charge on any atom is 0.416 e. The Kier molecular flexibility index (Phi) is 4.61. The number of hydrogen-bond donors (Lipinski definition) is 1. The van der Waals surface area contributed by atoms with Crippen molar-refractivity contribution in [1.29, 1.82) is 0 Å². The number of cyclic esters (lactones) is 1. The van der Waals surface area contributed by atoms with Crippen LogP contribution >= 0.6 is 0 Å². The monoisotopic (exact) mass is 271 g/mol. The van der Waals surface area contributed by atoms with Gasteiger partial charge in [0.1, 0.15) is 6.61 Å². The minimum atomic E-state index is -0.804. The summed E-state index contributed by atoms with van der Waals surface area (Å²) in [5.74, 6) is -0.857. The fourth-order valence-corrected chi connectivity index (χ4v) is 2.28. The van der Waals surface area contributed by atoms with E-state index in [1.54, 1.807) is 6.92 Å². The van der Waals surface area contributed by atoms with Gasteiger partial charge in [-0.15, -0.1) is 0 Å². The van der Waals surface area contributed by atoms with E-state index >= 15 is 0 Å². The van der Waals surface area contributed by atoms with Gasteiger partial charge in [0, 0.05) is 0 Å². The van der Waals surface area contributed by atoms with Gasteiger partial charge in [0.2, 0.25) is 5.91 Å². The molecule has 1 aliphatic heterocycles. The van der Waals surface area contributed by atoms with Crippen LogP contribution in [0, 0.1) is 17.3 Å². The average molecular weight is 271 g/mol. The highest BCUT2D eigenvalue weighted by Crippen LogP contribution is 2.29. The molecule has 0 aromatic carbocycles. The van der Waals surface area contributed by atoms with E-state index in [0.717, 1.165) is 0 Å². The van der Waals surface area contributed by atoms with Crippen LogP contribution in [0.2, 0.25) is 0 Å². The summed E-state index contributed by atoms with van der Waals surface area (Å²) in [7, 11) is 0. The molecule has 0 bridgehead atoms. The second-order valence-electron chi connectivity index (χ2n) is 6.70. The van der Waals surface area contributed by atoms with Crippen LogP contribution in [0.25, 0.3) is 0 Å². The number of amides is 2. The third kappa shape index (κ3) is 3.26. The molecule has 0 radical (unpaired) electrons. The highest BCUT2D eigenvalue weighted by Gasteiger charge is 2.44. The lowest BCUT2D eigenvalue weighted by Crippen LogP contribution is -2.49. The van der Waals surface area contributed by atoms with Crippen molar-refractivity contribution in [3.8, 4) is 0 Å². The number of carbonyl (C=O) groups excluding carboxylic acids is 2. The number of ether oxygens (including phenoxy) is 1. The summed E-state index contributed by atoms with van der Waals surface area (Å²) in [6, 6.07) is -0.241. The van der Waals surface area contributed by atoms with Crippen molar-refractivity contribution in [2.24, 2.45) is 17.3 Å². The van der Waals surface area contributed by atoms with E-state index in [2.05, 4.69) is 0 Å². The minimum Gasteiger partial charge on any atom is -0.447 e. The Balaban J connectivity index is 2.89. The lowest BCUT2D eigenvalue weighted by Gasteiger charge is -2.33. The normalized spacial score (nSPS) is 23.5. The van der Waals surface area contributed by atoms with Gasteiger partial charge in [-0.05, 0) is 11.3 Å². The molecule has 0 aliphatic carbocycles. The molecular weight excluding hydrogens is 246 g/mol. The fraction of sp³-hybridized carbons (Fsp3) is 0.857. The molecule has 1 rings (SSSR count). The van der Waals surface area contributed by atoms with Gasteiger partial charge >= 0.3 is 6.09 Å². The SMILES string of the molecule is CC(C)[C@H]1COC(=O)N1C(=O)[C@@H](C)[C@H](O)C(C)(C)C. The van der Waals surface area contributed by atoms with Crippen molar-refractivity contribution in [3.05, 3.63) is 0 Å². The quantitative estimate of drug-likeness (QED) is 0.853. The van der Waals surface area contributed by atoms with Crippen LogP contribution in [-0.4, -0.2) is 40.8 Å². The Morgan fingerprint density at radius 2 is 1.89 bits per heavy atom. The van der Waals surface area contributed by atoms with E-state index in [9.17, 15) is 14.7 Å². The molecule has 0 saturated carbocycles. The summed E-state index contributed by atoms with van der Waals surface area (Å²) >= 11 is 0. The summed E-state index contributed by atoms with van der Waals surface area (Å²) in [5.41, 5.74) is -0.411. The van der Waals surface area contributed by atoms with Gasteiger partial charge in [-0.25, -0.2) is 9.69 Å². The lowest BCUT2D eigenvalue weighted by atomic mass is 9.81. The van der Waals surface area contributed by atoms with Crippen LogP contribution in [-0.2, 0) is 9.53 Å². The van der Waals surface area contributed by atoms with Crippen molar-refractivity contribution in [1.82, 2.24) is 4.90 Å². The smallest absolute Gasteiger partial charge is 0.416 e. The topological polar surface area (TPSA) is 66.8 Å². The predicted molar refractivity (Wildman–Crippen MR) is 71.4 cm³/mol. The first-order chi connectivity index (χ1) is 8.57. The molecule has 3 atom stereocenters. The van der Waals surface area contributed by atoms with Gasteiger partial charge < -0.3 is 9.84 Å². The Labute approximate surface area is 114 Å². The minimum absolute atomic E-state index is 0.134. The lowest BCUT2D eigenvalue weighted by molar-refractivity contribution is -0.139. The van der Waals surface area contributed by atoms with Crippen molar-refractivity contribution in [2.45, 2.75) is 53.7 Å². The fourth-order valence-electron chi connectivity index (χ4n) is 2.28. The summed E-state index contributed by atoms with van der Waals surface area (Å²) in [4.78, 5) is 25.3. The summed E-state index contributed by atoms with van der Waals surface area (Å²) < 4.78 is 4.96. The van der Waals surface area contributed by atoms with Crippen LogP contribution in [0.15, 0.2) is 0 Å². The zero-order chi connectivity index (χ0) is 15.0. The van der Waals surface area contributed by atoms with Crippen molar-refractivity contribution in [2.75, 3.05) is 6.61 Å². The van der Waals surface area contributed by atoms with Crippen molar-refractivity contribution < 1.29 is 19.4 Å². The molecule has 2 amide bonds. The number of imide groups is 1. The highest BCUT2D eigenvalue weighted by atomic mass is 16.6. The molecule has 1 fully saturated rings. The number of hydrogen-bond acceptors (Lipinski definition) is 4. The van der Waals surface area contributed by atoms with Gasteiger partial charge in [0.15, 0.2) is 0 Å². The van der Waals surface area contributed by atoms with Crippen LogP contribution in [0.1, 0.15) is 41.5 Å². The number of carbonyl (C=O) groups is 2. The van der Waals surface area contributed by atoms with E-state index in [-0.39, 0.29) is 24.5 Å². The first kappa shape index (κ1) is 16.0. The largest absolute Gasteiger partial charge is 0.447 e. The molecular formula is C14H25NO4. The molecule has 0 spiro atoms. The van der Waals surface area contributed by atoms with E-state index in [4.69, 9.17) is 4.74 Å². The molecule has 1 aliphatic rings. The van der Waals surface area contributed by atoms with Crippen LogP contribution in [0.4, 0.5) is 4.79 Å². The molecule has 0 unspecified atom stereocenters. The molecule has 1 heterocycles.